The molecule has 0 heterocycles. The fraction of sp³-hybridized carbons (Fsp3) is 0.320. The Morgan fingerprint density at radius 1 is 0.929 bits per heavy atom. The second-order valence-corrected chi connectivity index (χ2v) is 7.53. The van der Waals surface area contributed by atoms with Crippen LogP contribution in [0.25, 0.3) is 10.8 Å². The van der Waals surface area contributed by atoms with E-state index in [9.17, 15) is 4.79 Å². The summed E-state index contributed by atoms with van der Waals surface area (Å²) >= 11 is 0. The van der Waals surface area contributed by atoms with Crippen molar-refractivity contribution in [1.82, 2.24) is 5.32 Å². The van der Waals surface area contributed by atoms with E-state index in [2.05, 4.69) is 43.4 Å². The first-order chi connectivity index (χ1) is 13.5. The molecule has 0 saturated carbocycles. The molecule has 0 radical (unpaired) electrons. The van der Waals surface area contributed by atoms with E-state index in [1.807, 2.05) is 42.5 Å². The molecule has 0 aliphatic heterocycles. The highest BCUT2D eigenvalue weighted by molar-refractivity contribution is 5.89. The minimum Gasteiger partial charge on any atom is -0.480 e. The number of aryl methyl sites for hydroxylation is 1. The summed E-state index contributed by atoms with van der Waals surface area (Å²) in [6.45, 7) is 6.84. The largest absolute Gasteiger partial charge is 0.480 e. The molecule has 3 nitrogen and oxygen atoms in total. The van der Waals surface area contributed by atoms with E-state index in [0.29, 0.717) is 12.5 Å². The zero-order valence-electron chi connectivity index (χ0n) is 16.9. The van der Waals surface area contributed by atoms with Crippen LogP contribution in [0.5, 0.6) is 5.75 Å². The van der Waals surface area contributed by atoms with Crippen molar-refractivity contribution in [2.75, 3.05) is 6.54 Å². The van der Waals surface area contributed by atoms with E-state index >= 15 is 0 Å². The third kappa shape index (κ3) is 5.13. The molecule has 0 saturated heterocycles. The molecule has 0 aliphatic carbocycles. The monoisotopic (exact) mass is 375 g/mol. The minimum atomic E-state index is -0.531. The van der Waals surface area contributed by atoms with Crippen molar-refractivity contribution in [2.45, 2.75) is 45.6 Å². The van der Waals surface area contributed by atoms with Gasteiger partial charge in [-0.05, 0) is 48.3 Å². The molecule has 0 aliphatic rings. The lowest BCUT2D eigenvalue weighted by atomic mass is 10.0. The van der Waals surface area contributed by atoms with Gasteiger partial charge in [-0.3, -0.25) is 4.79 Å². The van der Waals surface area contributed by atoms with Crippen molar-refractivity contribution in [3.05, 3.63) is 77.9 Å². The molecule has 3 aromatic carbocycles. The van der Waals surface area contributed by atoms with E-state index in [-0.39, 0.29) is 5.91 Å². The summed E-state index contributed by atoms with van der Waals surface area (Å²) in [5, 5.41) is 5.12. The SMILES string of the molecule is CC(C)c1ccc(CCCNC(=O)[C@@H](C)Oc2cccc3ccccc23)cc1. The molecule has 0 spiro atoms. The molecule has 0 unspecified atom stereocenters. The van der Waals surface area contributed by atoms with Crippen molar-refractivity contribution < 1.29 is 9.53 Å². The summed E-state index contributed by atoms with van der Waals surface area (Å²) in [7, 11) is 0. The van der Waals surface area contributed by atoms with Gasteiger partial charge in [0, 0.05) is 11.9 Å². The third-order valence-corrected chi connectivity index (χ3v) is 5.01. The first-order valence-electron chi connectivity index (χ1n) is 10.1. The molecule has 0 aromatic heterocycles. The van der Waals surface area contributed by atoms with Crippen molar-refractivity contribution >= 4 is 16.7 Å². The van der Waals surface area contributed by atoms with Crippen LogP contribution < -0.4 is 10.1 Å². The number of hydrogen-bond acceptors (Lipinski definition) is 2. The Morgan fingerprint density at radius 3 is 2.39 bits per heavy atom. The minimum absolute atomic E-state index is 0.0805. The maximum absolute atomic E-state index is 12.4. The number of rotatable bonds is 8. The van der Waals surface area contributed by atoms with E-state index in [1.165, 1.54) is 11.1 Å². The summed E-state index contributed by atoms with van der Waals surface area (Å²) in [6.07, 6.45) is 1.33. The summed E-state index contributed by atoms with van der Waals surface area (Å²) < 4.78 is 5.93. The van der Waals surface area contributed by atoms with Crippen LogP contribution in [0, 0.1) is 0 Å². The third-order valence-electron chi connectivity index (χ3n) is 5.01. The molecule has 1 atom stereocenters. The Morgan fingerprint density at radius 2 is 1.64 bits per heavy atom. The number of hydrogen-bond donors (Lipinski definition) is 1. The van der Waals surface area contributed by atoms with Gasteiger partial charge in [0.25, 0.3) is 5.91 Å². The molecular formula is C25H29NO2. The van der Waals surface area contributed by atoms with Gasteiger partial charge in [0.15, 0.2) is 6.10 Å². The molecule has 3 aromatic rings. The highest BCUT2D eigenvalue weighted by Crippen LogP contribution is 2.26. The van der Waals surface area contributed by atoms with Gasteiger partial charge in [-0.15, -0.1) is 0 Å². The highest BCUT2D eigenvalue weighted by Gasteiger charge is 2.15. The van der Waals surface area contributed by atoms with Gasteiger partial charge in [-0.1, -0.05) is 74.5 Å². The maximum atomic E-state index is 12.4. The van der Waals surface area contributed by atoms with Gasteiger partial charge >= 0.3 is 0 Å². The first kappa shape index (κ1) is 19.9. The van der Waals surface area contributed by atoms with Crippen LogP contribution in [-0.4, -0.2) is 18.6 Å². The van der Waals surface area contributed by atoms with E-state index in [1.54, 1.807) is 6.92 Å². The Balaban J connectivity index is 1.46. The number of ether oxygens (including phenoxy) is 1. The molecule has 1 N–H and O–H groups in total. The molecule has 0 bridgehead atoms. The average molecular weight is 376 g/mol. The summed E-state index contributed by atoms with van der Waals surface area (Å²) in [4.78, 5) is 12.4. The predicted molar refractivity (Wildman–Crippen MR) is 116 cm³/mol. The number of nitrogens with one attached hydrogen (secondary N) is 1. The average Bonchev–Trinajstić information content (AvgIpc) is 2.71. The van der Waals surface area contributed by atoms with Crippen molar-refractivity contribution in [2.24, 2.45) is 0 Å². The Hall–Kier alpha value is -2.81. The van der Waals surface area contributed by atoms with Crippen molar-refractivity contribution in [3.8, 4) is 5.75 Å². The quantitative estimate of drug-likeness (QED) is 0.530. The molecule has 0 fully saturated rings. The lowest BCUT2D eigenvalue weighted by Crippen LogP contribution is -2.37. The highest BCUT2D eigenvalue weighted by atomic mass is 16.5. The van der Waals surface area contributed by atoms with E-state index in [0.717, 1.165) is 29.4 Å². The van der Waals surface area contributed by atoms with Gasteiger partial charge in [0.05, 0.1) is 0 Å². The number of amides is 1. The lowest BCUT2D eigenvalue weighted by molar-refractivity contribution is -0.127. The summed E-state index contributed by atoms with van der Waals surface area (Å²) in [5.41, 5.74) is 2.66. The molecule has 146 valence electrons. The van der Waals surface area contributed by atoms with Crippen LogP contribution in [0.2, 0.25) is 0 Å². The Labute approximate surface area is 167 Å². The van der Waals surface area contributed by atoms with Gasteiger partial charge in [0.1, 0.15) is 5.75 Å². The molecule has 28 heavy (non-hydrogen) atoms. The topological polar surface area (TPSA) is 38.3 Å². The number of fused-ring (bicyclic) bond motifs is 1. The molecule has 3 rings (SSSR count). The summed E-state index contributed by atoms with van der Waals surface area (Å²) in [6, 6.07) is 22.7. The van der Waals surface area contributed by atoms with Gasteiger partial charge < -0.3 is 10.1 Å². The fourth-order valence-electron chi connectivity index (χ4n) is 3.26. The Kier molecular flexibility index (Phi) is 6.70. The molecule has 3 heteroatoms. The second kappa shape index (κ2) is 9.41. The zero-order chi connectivity index (χ0) is 19.9. The second-order valence-electron chi connectivity index (χ2n) is 7.53. The summed E-state index contributed by atoms with van der Waals surface area (Å²) in [5.74, 6) is 1.21. The van der Waals surface area contributed by atoms with Gasteiger partial charge in [0.2, 0.25) is 0 Å². The number of carbonyl (C=O) groups is 1. The van der Waals surface area contributed by atoms with Gasteiger partial charge in [-0.25, -0.2) is 0 Å². The van der Waals surface area contributed by atoms with E-state index < -0.39 is 6.10 Å². The fourth-order valence-corrected chi connectivity index (χ4v) is 3.26. The predicted octanol–water partition coefficient (Wildman–Crippen LogP) is 5.48. The van der Waals surface area contributed by atoms with Crippen LogP contribution >= 0.6 is 0 Å². The van der Waals surface area contributed by atoms with Crippen LogP contribution in [0.15, 0.2) is 66.7 Å². The molecular weight excluding hydrogens is 346 g/mol. The standard InChI is InChI=1S/C25H29NO2/c1-18(2)21-15-13-20(14-16-21)8-7-17-26-25(27)19(3)28-24-12-6-10-22-9-4-5-11-23(22)24/h4-6,9-16,18-19H,7-8,17H2,1-3H3,(H,26,27)/t19-/m1/s1. The Bertz CT molecular complexity index is 910. The zero-order valence-corrected chi connectivity index (χ0v) is 16.9. The van der Waals surface area contributed by atoms with Crippen molar-refractivity contribution in [1.29, 1.82) is 0 Å². The van der Waals surface area contributed by atoms with E-state index in [4.69, 9.17) is 4.74 Å². The smallest absolute Gasteiger partial charge is 0.260 e. The lowest BCUT2D eigenvalue weighted by Gasteiger charge is -2.16. The maximum Gasteiger partial charge on any atom is 0.260 e. The van der Waals surface area contributed by atoms with Crippen LogP contribution in [0.1, 0.15) is 44.2 Å². The van der Waals surface area contributed by atoms with Crippen molar-refractivity contribution in [3.63, 3.8) is 0 Å². The van der Waals surface area contributed by atoms with Gasteiger partial charge in [-0.2, -0.15) is 0 Å². The normalized spacial score (nSPS) is 12.1. The number of carbonyl (C=O) groups excluding carboxylic acids is 1. The number of benzene rings is 3. The first-order valence-corrected chi connectivity index (χ1v) is 10.1. The van der Waals surface area contributed by atoms with Crippen LogP contribution in [0.4, 0.5) is 0 Å². The molecule has 1 amide bonds. The van der Waals surface area contributed by atoms with Crippen LogP contribution in [-0.2, 0) is 11.2 Å². The van der Waals surface area contributed by atoms with Crippen LogP contribution in [0.3, 0.4) is 0 Å².